The summed E-state index contributed by atoms with van der Waals surface area (Å²) in [6.07, 6.45) is 5.91. The van der Waals surface area contributed by atoms with Gasteiger partial charge in [0.1, 0.15) is 4.90 Å². The van der Waals surface area contributed by atoms with Crippen molar-refractivity contribution in [3.63, 3.8) is 0 Å². The summed E-state index contributed by atoms with van der Waals surface area (Å²) in [5, 5.41) is 7.31. The Morgan fingerprint density at radius 3 is 2.89 bits per heavy atom. The highest BCUT2D eigenvalue weighted by molar-refractivity contribution is 7.89. The average molecular weight is 284 g/mol. The van der Waals surface area contributed by atoms with E-state index in [0.29, 0.717) is 5.92 Å². The van der Waals surface area contributed by atoms with Gasteiger partial charge in [-0.1, -0.05) is 0 Å². The average Bonchev–Trinajstić information content (AvgIpc) is 2.96. The van der Waals surface area contributed by atoms with Gasteiger partial charge in [0.25, 0.3) is 0 Å². The molecule has 1 aliphatic carbocycles. The predicted octanol–water partition coefficient (Wildman–Crippen LogP) is 0.0865. The van der Waals surface area contributed by atoms with Crippen LogP contribution in [0.1, 0.15) is 19.3 Å². The van der Waals surface area contributed by atoms with E-state index in [-0.39, 0.29) is 10.9 Å². The van der Waals surface area contributed by atoms with Crippen LogP contribution in [0.25, 0.3) is 0 Å². The standard InChI is InChI=1S/C12H20N4O2S/c1-16-8-12(7-14-16)19(17,18)15-11-3-2-9-5-13-6-10(9)4-11/h7-11,13,15H,2-6H2,1H3/t9-,10+,11?/m0/s1. The van der Waals surface area contributed by atoms with Gasteiger partial charge in [-0.3, -0.25) is 4.68 Å². The summed E-state index contributed by atoms with van der Waals surface area (Å²) in [5.74, 6) is 1.36. The van der Waals surface area contributed by atoms with Crippen molar-refractivity contribution in [3.05, 3.63) is 12.4 Å². The van der Waals surface area contributed by atoms with E-state index in [0.717, 1.165) is 38.3 Å². The molecule has 2 N–H and O–H groups in total. The van der Waals surface area contributed by atoms with Crippen molar-refractivity contribution < 1.29 is 8.42 Å². The summed E-state index contributed by atoms with van der Waals surface area (Å²) in [6, 6.07) is 0.0614. The first kappa shape index (κ1) is 13.1. The summed E-state index contributed by atoms with van der Waals surface area (Å²) >= 11 is 0. The second-order valence-electron chi connectivity index (χ2n) is 5.66. The van der Waals surface area contributed by atoms with E-state index >= 15 is 0 Å². The lowest BCUT2D eigenvalue weighted by molar-refractivity contribution is 0.260. The molecule has 19 heavy (non-hydrogen) atoms. The fourth-order valence-corrected chi connectivity index (χ4v) is 4.50. The summed E-state index contributed by atoms with van der Waals surface area (Å²) < 4.78 is 28.8. The molecular weight excluding hydrogens is 264 g/mol. The number of aromatic nitrogens is 2. The summed E-state index contributed by atoms with van der Waals surface area (Å²) in [4.78, 5) is 0.252. The van der Waals surface area contributed by atoms with Crippen molar-refractivity contribution in [1.29, 1.82) is 0 Å². The summed E-state index contributed by atoms with van der Waals surface area (Å²) in [5.41, 5.74) is 0. The molecule has 2 aliphatic rings. The Bertz CT molecular complexity index is 554. The van der Waals surface area contributed by atoms with E-state index in [1.807, 2.05) is 0 Å². The Balaban J connectivity index is 1.68. The Kier molecular flexibility index (Phi) is 3.36. The third-order valence-electron chi connectivity index (χ3n) is 4.27. The highest BCUT2D eigenvalue weighted by Gasteiger charge is 2.35. The molecule has 2 fully saturated rings. The third-order valence-corrected chi connectivity index (χ3v) is 5.74. The van der Waals surface area contributed by atoms with Gasteiger partial charge in [-0.05, 0) is 44.2 Å². The quantitative estimate of drug-likeness (QED) is 0.824. The van der Waals surface area contributed by atoms with Crippen LogP contribution >= 0.6 is 0 Å². The smallest absolute Gasteiger partial charge is 0.243 e. The number of fused-ring (bicyclic) bond motifs is 1. The lowest BCUT2D eigenvalue weighted by Gasteiger charge is -2.31. The van der Waals surface area contributed by atoms with Gasteiger partial charge in [-0.15, -0.1) is 0 Å². The molecule has 0 bridgehead atoms. The molecule has 7 heteroatoms. The number of hydrogen-bond acceptors (Lipinski definition) is 4. The monoisotopic (exact) mass is 284 g/mol. The second kappa shape index (κ2) is 4.88. The highest BCUT2D eigenvalue weighted by atomic mass is 32.2. The Morgan fingerprint density at radius 2 is 2.16 bits per heavy atom. The number of nitrogens with one attached hydrogen (secondary N) is 2. The predicted molar refractivity (Wildman–Crippen MR) is 71.0 cm³/mol. The molecule has 6 nitrogen and oxygen atoms in total. The van der Waals surface area contributed by atoms with Crippen LogP contribution in [0, 0.1) is 11.8 Å². The fourth-order valence-electron chi connectivity index (χ4n) is 3.23. The van der Waals surface area contributed by atoms with Gasteiger partial charge in [0.05, 0.1) is 6.20 Å². The number of rotatable bonds is 3. The SMILES string of the molecule is Cn1cc(S(=O)(=O)NC2CC[C@H]3CNC[C@H]3C2)cn1. The van der Waals surface area contributed by atoms with Gasteiger partial charge in [0.2, 0.25) is 10.0 Å². The van der Waals surface area contributed by atoms with Crippen LogP contribution < -0.4 is 10.0 Å². The zero-order chi connectivity index (χ0) is 13.5. The molecule has 0 aromatic carbocycles. The Morgan fingerprint density at radius 1 is 1.37 bits per heavy atom. The molecule has 2 heterocycles. The molecule has 1 aromatic rings. The van der Waals surface area contributed by atoms with Crippen LogP contribution in [-0.4, -0.2) is 37.3 Å². The van der Waals surface area contributed by atoms with Crippen LogP contribution in [0.3, 0.4) is 0 Å². The lowest BCUT2D eigenvalue weighted by atomic mass is 9.79. The maximum atomic E-state index is 12.2. The van der Waals surface area contributed by atoms with Gasteiger partial charge in [-0.25, -0.2) is 13.1 Å². The number of nitrogens with zero attached hydrogens (tertiary/aromatic N) is 2. The normalized spacial score (nSPS) is 31.3. The van der Waals surface area contributed by atoms with E-state index < -0.39 is 10.0 Å². The van der Waals surface area contributed by atoms with E-state index in [9.17, 15) is 8.42 Å². The maximum absolute atomic E-state index is 12.2. The molecule has 0 amide bonds. The first-order valence-electron chi connectivity index (χ1n) is 6.76. The lowest BCUT2D eigenvalue weighted by Crippen LogP contribution is -2.40. The highest BCUT2D eigenvalue weighted by Crippen LogP contribution is 2.33. The number of aryl methyl sites for hydroxylation is 1. The van der Waals surface area contributed by atoms with Crippen molar-refractivity contribution in [3.8, 4) is 0 Å². The topological polar surface area (TPSA) is 76.0 Å². The van der Waals surface area contributed by atoms with E-state index in [1.165, 1.54) is 17.1 Å². The fraction of sp³-hybridized carbons (Fsp3) is 0.750. The van der Waals surface area contributed by atoms with Crippen molar-refractivity contribution >= 4 is 10.0 Å². The first-order chi connectivity index (χ1) is 9.04. The van der Waals surface area contributed by atoms with E-state index in [2.05, 4.69) is 15.1 Å². The molecule has 1 aliphatic heterocycles. The molecule has 106 valence electrons. The number of sulfonamides is 1. The van der Waals surface area contributed by atoms with Gasteiger partial charge in [0, 0.05) is 19.3 Å². The molecule has 3 rings (SSSR count). The van der Waals surface area contributed by atoms with Crippen LogP contribution in [-0.2, 0) is 17.1 Å². The summed E-state index contributed by atoms with van der Waals surface area (Å²) in [6.45, 7) is 2.11. The molecule has 0 spiro atoms. The largest absolute Gasteiger partial charge is 0.316 e. The molecular formula is C12H20N4O2S. The van der Waals surface area contributed by atoms with Crippen molar-refractivity contribution in [2.24, 2.45) is 18.9 Å². The van der Waals surface area contributed by atoms with E-state index in [1.54, 1.807) is 7.05 Å². The first-order valence-corrected chi connectivity index (χ1v) is 8.24. The zero-order valence-electron chi connectivity index (χ0n) is 11.0. The molecule has 3 atom stereocenters. The van der Waals surface area contributed by atoms with Crippen LogP contribution in [0.15, 0.2) is 17.3 Å². The Labute approximate surface area is 113 Å². The molecule has 0 radical (unpaired) electrons. The molecule has 1 saturated carbocycles. The van der Waals surface area contributed by atoms with Crippen LogP contribution in [0.2, 0.25) is 0 Å². The second-order valence-corrected chi connectivity index (χ2v) is 7.37. The minimum absolute atomic E-state index is 0.0614. The van der Waals surface area contributed by atoms with Crippen molar-refractivity contribution in [2.75, 3.05) is 13.1 Å². The maximum Gasteiger partial charge on any atom is 0.243 e. The molecule has 1 unspecified atom stereocenters. The molecule has 1 aromatic heterocycles. The molecule has 1 saturated heterocycles. The van der Waals surface area contributed by atoms with Crippen LogP contribution in [0.5, 0.6) is 0 Å². The van der Waals surface area contributed by atoms with E-state index in [4.69, 9.17) is 0 Å². The minimum atomic E-state index is -3.42. The Hall–Kier alpha value is -0.920. The van der Waals surface area contributed by atoms with Gasteiger partial charge >= 0.3 is 0 Å². The number of hydrogen-bond donors (Lipinski definition) is 2. The van der Waals surface area contributed by atoms with Crippen LogP contribution in [0.4, 0.5) is 0 Å². The minimum Gasteiger partial charge on any atom is -0.316 e. The van der Waals surface area contributed by atoms with Crippen molar-refractivity contribution in [1.82, 2.24) is 19.8 Å². The van der Waals surface area contributed by atoms with Gasteiger partial charge in [-0.2, -0.15) is 5.10 Å². The van der Waals surface area contributed by atoms with Gasteiger partial charge in [0.15, 0.2) is 0 Å². The third kappa shape index (κ3) is 2.68. The van der Waals surface area contributed by atoms with Crippen molar-refractivity contribution in [2.45, 2.75) is 30.2 Å². The van der Waals surface area contributed by atoms with Gasteiger partial charge < -0.3 is 5.32 Å². The zero-order valence-corrected chi connectivity index (χ0v) is 11.9. The summed E-state index contributed by atoms with van der Waals surface area (Å²) in [7, 11) is -1.70.